The van der Waals surface area contributed by atoms with E-state index in [-0.39, 0.29) is 12.5 Å². The molecule has 1 aliphatic heterocycles. The first kappa shape index (κ1) is 19.4. The van der Waals surface area contributed by atoms with Crippen molar-refractivity contribution < 1.29 is 23.8 Å². The lowest BCUT2D eigenvalue weighted by molar-refractivity contribution is -0.168. The molecule has 1 aliphatic carbocycles. The van der Waals surface area contributed by atoms with Gasteiger partial charge in [0, 0.05) is 18.5 Å². The zero-order chi connectivity index (χ0) is 19.9. The number of hydrogen-bond acceptors (Lipinski definition) is 6. The molecule has 7 nitrogen and oxygen atoms in total. The van der Waals surface area contributed by atoms with Gasteiger partial charge in [-0.3, -0.25) is 4.79 Å². The molecule has 1 heterocycles. The summed E-state index contributed by atoms with van der Waals surface area (Å²) in [6, 6.07) is 16.7. The molecule has 2 aliphatic rings. The van der Waals surface area contributed by atoms with Crippen LogP contribution in [0.2, 0.25) is 0 Å². The lowest BCUT2D eigenvalue weighted by atomic mass is 9.92. The monoisotopic (exact) mass is 396 g/mol. The lowest BCUT2D eigenvalue weighted by Crippen LogP contribution is -2.35. The van der Waals surface area contributed by atoms with Gasteiger partial charge in [0.25, 0.3) is 5.91 Å². The Morgan fingerprint density at radius 1 is 0.966 bits per heavy atom. The number of ether oxygens (including phenoxy) is 3. The van der Waals surface area contributed by atoms with E-state index < -0.39 is 5.79 Å². The number of hydrogen-bond donors (Lipinski definition) is 1. The number of anilines is 1. The Hall–Kier alpha value is -2.90. The van der Waals surface area contributed by atoms with Crippen LogP contribution in [0.5, 0.6) is 11.5 Å². The number of nitrogens with one attached hydrogen (secondary N) is 1. The van der Waals surface area contributed by atoms with Gasteiger partial charge in [-0.15, -0.1) is 0 Å². The van der Waals surface area contributed by atoms with E-state index >= 15 is 0 Å². The fourth-order valence-corrected chi connectivity index (χ4v) is 3.41. The van der Waals surface area contributed by atoms with E-state index in [4.69, 9.17) is 19.0 Å². The van der Waals surface area contributed by atoms with Gasteiger partial charge in [-0.1, -0.05) is 23.4 Å². The van der Waals surface area contributed by atoms with Gasteiger partial charge in [0.2, 0.25) is 0 Å². The number of amides is 1. The molecule has 152 valence electrons. The molecule has 29 heavy (non-hydrogen) atoms. The second-order valence-corrected chi connectivity index (χ2v) is 7.03. The van der Waals surface area contributed by atoms with Crippen molar-refractivity contribution in [1.29, 1.82) is 0 Å². The van der Waals surface area contributed by atoms with Crippen LogP contribution in [0.3, 0.4) is 0 Å². The van der Waals surface area contributed by atoms with E-state index in [9.17, 15) is 4.79 Å². The zero-order valence-corrected chi connectivity index (χ0v) is 16.1. The Kier molecular flexibility index (Phi) is 6.07. The first-order valence-electron chi connectivity index (χ1n) is 9.79. The summed E-state index contributed by atoms with van der Waals surface area (Å²) in [7, 11) is 0. The molecule has 2 aromatic carbocycles. The van der Waals surface area contributed by atoms with Gasteiger partial charge in [0.05, 0.1) is 18.9 Å². The molecular weight excluding hydrogens is 372 g/mol. The number of oxime groups is 1. The van der Waals surface area contributed by atoms with E-state index in [0.717, 1.165) is 37.1 Å². The summed E-state index contributed by atoms with van der Waals surface area (Å²) in [5, 5.41) is 6.89. The van der Waals surface area contributed by atoms with Crippen LogP contribution >= 0.6 is 0 Å². The number of carbonyl (C=O) groups excluding carboxylic acids is 1. The minimum atomic E-state index is -0.424. The molecule has 7 heteroatoms. The largest absolute Gasteiger partial charge is 0.457 e. The Morgan fingerprint density at radius 3 is 2.31 bits per heavy atom. The normalized spacial score (nSPS) is 17.7. The van der Waals surface area contributed by atoms with Crippen molar-refractivity contribution >= 4 is 17.3 Å². The standard InChI is InChI=1S/C22H24N2O5/c25-21(16-28-24-18-10-12-22(13-11-18)26-14-15-27-22)23-17-6-8-20(9-7-17)29-19-4-2-1-3-5-19/h1-9H,10-16H2,(H,23,25). The average Bonchev–Trinajstić information content (AvgIpc) is 3.20. The second kappa shape index (κ2) is 9.07. The van der Waals surface area contributed by atoms with Crippen molar-refractivity contribution in [2.45, 2.75) is 31.5 Å². The Morgan fingerprint density at radius 2 is 1.62 bits per heavy atom. The molecule has 0 unspecified atom stereocenters. The van der Waals surface area contributed by atoms with E-state index in [2.05, 4.69) is 10.5 Å². The summed E-state index contributed by atoms with van der Waals surface area (Å²) in [5.41, 5.74) is 1.60. The summed E-state index contributed by atoms with van der Waals surface area (Å²) in [6.45, 7) is 1.18. The highest BCUT2D eigenvalue weighted by atomic mass is 16.7. The Labute approximate surface area is 169 Å². The lowest BCUT2D eigenvalue weighted by Gasteiger charge is -2.31. The second-order valence-electron chi connectivity index (χ2n) is 7.03. The van der Waals surface area contributed by atoms with Crippen LogP contribution in [-0.2, 0) is 19.1 Å². The number of nitrogens with zero attached hydrogens (tertiary/aromatic N) is 1. The van der Waals surface area contributed by atoms with Crippen LogP contribution in [0.15, 0.2) is 59.8 Å². The predicted molar refractivity (Wildman–Crippen MR) is 108 cm³/mol. The predicted octanol–water partition coefficient (Wildman–Crippen LogP) is 4.11. The van der Waals surface area contributed by atoms with E-state index in [0.29, 0.717) is 24.7 Å². The van der Waals surface area contributed by atoms with Crippen LogP contribution in [0.4, 0.5) is 5.69 Å². The number of rotatable bonds is 6. The van der Waals surface area contributed by atoms with Gasteiger partial charge < -0.3 is 24.4 Å². The maximum absolute atomic E-state index is 12.1. The molecule has 1 amide bonds. The highest BCUT2D eigenvalue weighted by Gasteiger charge is 2.39. The molecule has 0 atom stereocenters. The van der Waals surface area contributed by atoms with Crippen LogP contribution in [0.1, 0.15) is 25.7 Å². The minimum Gasteiger partial charge on any atom is -0.457 e. The van der Waals surface area contributed by atoms with Crippen LogP contribution < -0.4 is 10.1 Å². The van der Waals surface area contributed by atoms with Crippen molar-refractivity contribution in [3.63, 3.8) is 0 Å². The molecule has 1 saturated heterocycles. The zero-order valence-electron chi connectivity index (χ0n) is 16.1. The third kappa shape index (κ3) is 5.34. The smallest absolute Gasteiger partial charge is 0.265 e. The van der Waals surface area contributed by atoms with Gasteiger partial charge >= 0.3 is 0 Å². The maximum Gasteiger partial charge on any atom is 0.265 e. The topological polar surface area (TPSA) is 78.4 Å². The van der Waals surface area contributed by atoms with E-state index in [1.54, 1.807) is 24.3 Å². The molecule has 0 bridgehead atoms. The Balaban J connectivity index is 1.20. The number of para-hydroxylation sites is 1. The minimum absolute atomic E-state index is 0.135. The summed E-state index contributed by atoms with van der Waals surface area (Å²) in [6.07, 6.45) is 3.06. The third-order valence-corrected chi connectivity index (χ3v) is 4.91. The summed E-state index contributed by atoms with van der Waals surface area (Å²) >= 11 is 0. The van der Waals surface area contributed by atoms with Gasteiger partial charge in [0.1, 0.15) is 11.5 Å². The van der Waals surface area contributed by atoms with Crippen molar-refractivity contribution in [3.8, 4) is 11.5 Å². The van der Waals surface area contributed by atoms with Crippen LogP contribution in [-0.4, -0.2) is 37.2 Å². The summed E-state index contributed by atoms with van der Waals surface area (Å²) < 4.78 is 17.1. The number of carbonyl (C=O) groups is 1. The molecule has 0 aromatic heterocycles. The maximum atomic E-state index is 12.1. The van der Waals surface area contributed by atoms with Crippen LogP contribution in [0, 0.1) is 0 Å². The third-order valence-electron chi connectivity index (χ3n) is 4.91. The molecule has 2 aromatic rings. The fraction of sp³-hybridized carbons (Fsp3) is 0.364. The first-order chi connectivity index (χ1) is 14.2. The number of benzene rings is 2. The molecule has 1 spiro atoms. The molecule has 4 rings (SSSR count). The molecule has 0 radical (unpaired) electrons. The fourth-order valence-electron chi connectivity index (χ4n) is 3.41. The average molecular weight is 396 g/mol. The molecular formula is C22H24N2O5. The highest BCUT2D eigenvalue weighted by molar-refractivity contribution is 5.92. The van der Waals surface area contributed by atoms with Crippen molar-refractivity contribution in [1.82, 2.24) is 0 Å². The first-order valence-corrected chi connectivity index (χ1v) is 9.79. The molecule has 2 fully saturated rings. The van der Waals surface area contributed by atoms with E-state index in [1.807, 2.05) is 30.3 Å². The summed E-state index contributed by atoms with van der Waals surface area (Å²) in [4.78, 5) is 17.3. The Bertz CT molecular complexity index is 833. The van der Waals surface area contributed by atoms with Crippen LogP contribution in [0.25, 0.3) is 0 Å². The summed E-state index contributed by atoms with van der Waals surface area (Å²) in [5.74, 6) is 0.770. The van der Waals surface area contributed by atoms with Gasteiger partial charge in [-0.05, 0) is 49.2 Å². The molecule has 1 N–H and O–H groups in total. The highest BCUT2D eigenvalue weighted by Crippen LogP contribution is 2.34. The van der Waals surface area contributed by atoms with Gasteiger partial charge in [-0.25, -0.2) is 0 Å². The van der Waals surface area contributed by atoms with Crippen molar-refractivity contribution in [3.05, 3.63) is 54.6 Å². The van der Waals surface area contributed by atoms with Crippen molar-refractivity contribution in [2.75, 3.05) is 25.1 Å². The molecule has 1 saturated carbocycles. The van der Waals surface area contributed by atoms with Gasteiger partial charge in [-0.2, -0.15) is 0 Å². The SMILES string of the molecule is O=C(CON=C1CCC2(CC1)OCCO2)Nc1ccc(Oc2ccccc2)cc1. The van der Waals surface area contributed by atoms with E-state index in [1.165, 1.54) is 0 Å². The van der Waals surface area contributed by atoms with Crippen molar-refractivity contribution in [2.24, 2.45) is 5.16 Å². The quantitative estimate of drug-likeness (QED) is 0.744. The van der Waals surface area contributed by atoms with Gasteiger partial charge in [0.15, 0.2) is 12.4 Å².